The predicted octanol–water partition coefficient (Wildman–Crippen LogP) is 1.69. The molecular weight excluding hydrogens is 514 g/mol. The number of carbonyl (C=O) groups excluding carboxylic acids is 3. The van der Waals surface area contributed by atoms with Gasteiger partial charge >= 0.3 is 6.09 Å². The van der Waals surface area contributed by atoms with Gasteiger partial charge in [0.1, 0.15) is 11.6 Å². The third kappa shape index (κ3) is 6.75. The second kappa shape index (κ2) is 13.0. The second-order valence-electron chi connectivity index (χ2n) is 9.65. The van der Waals surface area contributed by atoms with Crippen LogP contribution in [-0.4, -0.2) is 109 Å². The highest BCUT2D eigenvalue weighted by Crippen LogP contribution is 2.32. The Labute approximate surface area is 226 Å². The summed E-state index contributed by atoms with van der Waals surface area (Å²) in [7, 11) is 0. The number of nitrogens with one attached hydrogen (secondary N) is 1. The molecule has 0 unspecified atom stereocenters. The van der Waals surface area contributed by atoms with Gasteiger partial charge in [0.15, 0.2) is 11.8 Å². The Kier molecular flexibility index (Phi) is 9.44. The number of ether oxygens (including phenoxy) is 1. The average molecular weight is 546 g/mol. The van der Waals surface area contributed by atoms with Crippen molar-refractivity contribution in [3.63, 3.8) is 0 Å². The molecule has 4 rings (SSSR count). The van der Waals surface area contributed by atoms with Gasteiger partial charge in [-0.25, -0.2) is 14.4 Å². The van der Waals surface area contributed by atoms with E-state index >= 15 is 0 Å². The van der Waals surface area contributed by atoms with Crippen molar-refractivity contribution in [2.45, 2.75) is 19.3 Å². The number of carboxylic acid groups (broad SMARTS) is 1. The standard InChI is InChI=1S/C26H32ClN5O6/c27-22-2-1-20(15-23(22)32-8-5-21(16-33)28-24(32)17-34)25(35)30-6-3-19(4-7-30)18-38-14-13-29-9-11-31(12-10-29)26(36)37/h1-2,15,19,28H,3-14,18H2,(H,36,37). The molecule has 0 atom stereocenters. The van der Waals surface area contributed by atoms with Crippen molar-refractivity contribution in [2.75, 3.05) is 70.5 Å². The molecule has 3 heterocycles. The molecule has 0 bridgehead atoms. The first kappa shape index (κ1) is 27.7. The SMILES string of the molecule is O=C=C1CCN(c2cc(C(=O)N3CCC(COCCN4CCN(C(=O)O)CC4)CC3)ccc2Cl)C(=C=O)N1. The Morgan fingerprint density at radius 2 is 1.76 bits per heavy atom. The lowest BCUT2D eigenvalue weighted by molar-refractivity contribution is 0.0393. The van der Waals surface area contributed by atoms with Crippen molar-refractivity contribution in [1.29, 1.82) is 0 Å². The van der Waals surface area contributed by atoms with E-state index in [9.17, 15) is 19.2 Å². The van der Waals surface area contributed by atoms with Crippen LogP contribution in [-0.2, 0) is 14.3 Å². The van der Waals surface area contributed by atoms with Gasteiger partial charge in [0.05, 0.1) is 17.3 Å². The Bertz CT molecular complexity index is 1130. The molecule has 2 N–H and O–H groups in total. The molecule has 38 heavy (non-hydrogen) atoms. The maximum atomic E-state index is 13.2. The fourth-order valence-corrected chi connectivity index (χ4v) is 5.17. The van der Waals surface area contributed by atoms with E-state index in [1.54, 1.807) is 35.0 Å². The van der Waals surface area contributed by atoms with Crippen LogP contribution in [0.2, 0.25) is 5.02 Å². The molecule has 0 aliphatic carbocycles. The Hall–Kier alpha value is -3.33. The number of amides is 2. The monoisotopic (exact) mass is 545 g/mol. The van der Waals surface area contributed by atoms with Crippen molar-refractivity contribution >= 4 is 41.2 Å². The number of hydrogen-bond donors (Lipinski definition) is 2. The third-order valence-electron chi connectivity index (χ3n) is 7.28. The number of piperazine rings is 1. The number of likely N-dealkylation sites (tertiary alicyclic amines) is 1. The van der Waals surface area contributed by atoms with Crippen LogP contribution in [0.25, 0.3) is 0 Å². The number of halogens is 1. The summed E-state index contributed by atoms with van der Waals surface area (Å²) in [6.07, 6.45) is 1.19. The molecule has 2 amide bonds. The van der Waals surface area contributed by atoms with Crippen LogP contribution in [0, 0.1) is 5.92 Å². The van der Waals surface area contributed by atoms with E-state index < -0.39 is 6.09 Å². The Balaban J connectivity index is 1.23. The number of nitrogens with zero attached hydrogens (tertiary/aromatic N) is 4. The third-order valence-corrected chi connectivity index (χ3v) is 7.60. The van der Waals surface area contributed by atoms with Crippen molar-refractivity contribution in [3.05, 3.63) is 40.3 Å². The summed E-state index contributed by atoms with van der Waals surface area (Å²) in [4.78, 5) is 53.7. The fourth-order valence-electron chi connectivity index (χ4n) is 4.95. The minimum absolute atomic E-state index is 0.0597. The highest BCUT2D eigenvalue weighted by molar-refractivity contribution is 6.33. The smallest absolute Gasteiger partial charge is 0.407 e. The lowest BCUT2D eigenvalue weighted by atomic mass is 9.97. The van der Waals surface area contributed by atoms with Gasteiger partial charge in [-0.15, -0.1) is 0 Å². The molecule has 12 heteroatoms. The largest absolute Gasteiger partial charge is 0.465 e. The lowest BCUT2D eigenvalue weighted by Crippen LogP contribution is -2.49. The van der Waals surface area contributed by atoms with E-state index in [2.05, 4.69) is 10.2 Å². The van der Waals surface area contributed by atoms with E-state index in [0.717, 1.165) is 32.5 Å². The maximum Gasteiger partial charge on any atom is 0.407 e. The molecule has 0 radical (unpaired) electrons. The molecule has 0 spiro atoms. The number of benzene rings is 1. The average Bonchev–Trinajstić information content (AvgIpc) is 2.95. The van der Waals surface area contributed by atoms with Crippen LogP contribution in [0.15, 0.2) is 29.7 Å². The molecule has 0 saturated carbocycles. The molecule has 3 fully saturated rings. The number of piperidine rings is 1. The van der Waals surface area contributed by atoms with E-state index in [4.69, 9.17) is 21.4 Å². The number of rotatable bonds is 7. The summed E-state index contributed by atoms with van der Waals surface area (Å²) in [6.45, 7) is 6.11. The first-order valence-electron chi connectivity index (χ1n) is 12.8. The van der Waals surface area contributed by atoms with Crippen LogP contribution in [0.1, 0.15) is 29.6 Å². The molecule has 3 saturated heterocycles. The quantitative estimate of drug-likeness (QED) is 0.389. The van der Waals surface area contributed by atoms with Crippen LogP contribution in [0.4, 0.5) is 10.5 Å². The summed E-state index contributed by atoms with van der Waals surface area (Å²) < 4.78 is 5.90. The van der Waals surface area contributed by atoms with Gasteiger partial charge in [0.25, 0.3) is 5.91 Å². The number of carbonyl (C=O) groups is 2. The topological polar surface area (TPSA) is 123 Å². The van der Waals surface area contributed by atoms with Crippen molar-refractivity contribution < 1.29 is 29.0 Å². The van der Waals surface area contributed by atoms with Crippen molar-refractivity contribution in [2.24, 2.45) is 5.92 Å². The van der Waals surface area contributed by atoms with Gasteiger partial charge < -0.3 is 29.9 Å². The van der Waals surface area contributed by atoms with Crippen LogP contribution in [0.3, 0.4) is 0 Å². The van der Waals surface area contributed by atoms with E-state index in [-0.39, 0.29) is 17.4 Å². The highest BCUT2D eigenvalue weighted by Gasteiger charge is 2.27. The van der Waals surface area contributed by atoms with Crippen LogP contribution >= 0.6 is 11.6 Å². The molecule has 0 aromatic heterocycles. The molecule has 3 aliphatic rings. The Morgan fingerprint density at radius 3 is 2.42 bits per heavy atom. The fraction of sp³-hybridized carbons (Fsp3) is 0.538. The van der Waals surface area contributed by atoms with Gasteiger partial charge in [-0.05, 0) is 37.0 Å². The summed E-state index contributed by atoms with van der Waals surface area (Å²) >= 11 is 6.40. The number of hydrogen-bond acceptors (Lipinski definition) is 8. The maximum absolute atomic E-state index is 13.2. The van der Waals surface area contributed by atoms with E-state index in [0.29, 0.717) is 74.5 Å². The van der Waals surface area contributed by atoms with Crippen molar-refractivity contribution in [3.8, 4) is 0 Å². The summed E-state index contributed by atoms with van der Waals surface area (Å²) in [5.41, 5.74) is 1.25. The summed E-state index contributed by atoms with van der Waals surface area (Å²) in [5, 5.41) is 12.1. The molecule has 1 aromatic carbocycles. The zero-order valence-corrected chi connectivity index (χ0v) is 21.9. The van der Waals surface area contributed by atoms with E-state index in [1.807, 2.05) is 4.90 Å². The first-order chi connectivity index (χ1) is 18.4. The minimum atomic E-state index is -0.863. The molecule has 3 aliphatic heterocycles. The van der Waals surface area contributed by atoms with Gasteiger partial charge in [-0.1, -0.05) is 11.6 Å². The van der Waals surface area contributed by atoms with Crippen LogP contribution in [0.5, 0.6) is 0 Å². The summed E-state index contributed by atoms with van der Waals surface area (Å²) in [6, 6.07) is 4.99. The zero-order valence-electron chi connectivity index (χ0n) is 21.2. The molecule has 11 nitrogen and oxygen atoms in total. The highest BCUT2D eigenvalue weighted by atomic mass is 35.5. The van der Waals surface area contributed by atoms with Gasteiger partial charge in [-0.2, -0.15) is 0 Å². The molecule has 1 aromatic rings. The molecular formula is C26H32ClN5O6. The first-order valence-corrected chi connectivity index (χ1v) is 13.2. The van der Waals surface area contributed by atoms with E-state index in [1.165, 1.54) is 4.90 Å². The predicted molar refractivity (Wildman–Crippen MR) is 140 cm³/mol. The minimum Gasteiger partial charge on any atom is -0.465 e. The van der Waals surface area contributed by atoms with Crippen molar-refractivity contribution in [1.82, 2.24) is 20.0 Å². The Morgan fingerprint density at radius 1 is 1.03 bits per heavy atom. The van der Waals surface area contributed by atoms with Gasteiger partial charge in [0.2, 0.25) is 0 Å². The van der Waals surface area contributed by atoms with Crippen LogP contribution < -0.4 is 10.2 Å². The molecule has 204 valence electrons. The summed E-state index contributed by atoms with van der Waals surface area (Å²) in [5.74, 6) is 3.91. The van der Waals surface area contributed by atoms with Gasteiger partial charge in [0, 0.05) is 70.9 Å². The normalized spacial score (nSPS) is 19.1. The second-order valence-corrected chi connectivity index (χ2v) is 10.1. The number of anilines is 1. The van der Waals surface area contributed by atoms with Gasteiger partial charge in [-0.3, -0.25) is 9.69 Å². The zero-order chi connectivity index (χ0) is 27.1. The lowest BCUT2D eigenvalue weighted by Gasteiger charge is -2.34.